The Balaban J connectivity index is 0.00000180. The van der Waals surface area contributed by atoms with Crippen molar-refractivity contribution in [3.8, 4) is 0 Å². The van der Waals surface area contributed by atoms with Crippen molar-refractivity contribution in [2.45, 2.75) is 18.2 Å². The van der Waals surface area contributed by atoms with E-state index in [1.165, 1.54) is 22.5 Å². The molecule has 4 nitrogen and oxygen atoms in total. The number of halogens is 2. The highest BCUT2D eigenvalue weighted by Crippen LogP contribution is 2.32. The van der Waals surface area contributed by atoms with E-state index < -0.39 is 15.8 Å². The van der Waals surface area contributed by atoms with Crippen molar-refractivity contribution in [2.24, 2.45) is 11.1 Å². The maximum Gasteiger partial charge on any atom is 0.243 e. The van der Waals surface area contributed by atoms with Crippen LogP contribution in [0, 0.1) is 11.2 Å². The minimum absolute atomic E-state index is 0. The van der Waals surface area contributed by atoms with Crippen LogP contribution in [0.1, 0.15) is 13.3 Å². The molecule has 1 aromatic carbocycles. The molecule has 0 aliphatic carbocycles. The molecule has 108 valence electrons. The number of hydrogen-bond donors (Lipinski definition) is 1. The van der Waals surface area contributed by atoms with E-state index in [-0.39, 0.29) is 22.7 Å². The zero-order valence-electron chi connectivity index (χ0n) is 10.7. The monoisotopic (exact) mass is 308 g/mol. The Morgan fingerprint density at radius 3 is 2.68 bits per heavy atom. The zero-order chi connectivity index (χ0) is 13.4. The fourth-order valence-corrected chi connectivity index (χ4v) is 3.75. The summed E-state index contributed by atoms with van der Waals surface area (Å²) < 4.78 is 39.1. The summed E-state index contributed by atoms with van der Waals surface area (Å²) in [6, 6.07) is 5.09. The molecule has 0 amide bonds. The largest absolute Gasteiger partial charge is 0.330 e. The summed E-state index contributed by atoms with van der Waals surface area (Å²) in [4.78, 5) is 0.00349. The molecular weight excluding hydrogens is 291 g/mol. The van der Waals surface area contributed by atoms with Gasteiger partial charge in [-0.05, 0) is 36.6 Å². The van der Waals surface area contributed by atoms with E-state index in [4.69, 9.17) is 5.73 Å². The lowest BCUT2D eigenvalue weighted by molar-refractivity contribution is 0.349. The quantitative estimate of drug-likeness (QED) is 0.922. The molecule has 19 heavy (non-hydrogen) atoms. The Labute approximate surface area is 119 Å². The molecule has 1 aliphatic rings. The van der Waals surface area contributed by atoms with Crippen molar-refractivity contribution in [3.05, 3.63) is 30.1 Å². The zero-order valence-corrected chi connectivity index (χ0v) is 12.3. The molecular formula is C12H18ClFN2O2S. The Morgan fingerprint density at radius 1 is 1.47 bits per heavy atom. The topological polar surface area (TPSA) is 63.4 Å². The van der Waals surface area contributed by atoms with E-state index in [1.54, 1.807) is 0 Å². The molecule has 2 N–H and O–H groups in total. The van der Waals surface area contributed by atoms with Gasteiger partial charge >= 0.3 is 0 Å². The van der Waals surface area contributed by atoms with Crippen LogP contribution in [0.5, 0.6) is 0 Å². The number of rotatable bonds is 3. The van der Waals surface area contributed by atoms with Gasteiger partial charge in [0.1, 0.15) is 5.82 Å². The second-order valence-corrected chi connectivity index (χ2v) is 7.00. The van der Waals surface area contributed by atoms with Crippen LogP contribution in [-0.2, 0) is 10.0 Å². The van der Waals surface area contributed by atoms with E-state index in [0.717, 1.165) is 12.5 Å². The van der Waals surface area contributed by atoms with Crippen molar-refractivity contribution in [1.29, 1.82) is 0 Å². The molecule has 1 fully saturated rings. The van der Waals surface area contributed by atoms with Crippen molar-refractivity contribution in [1.82, 2.24) is 4.31 Å². The van der Waals surface area contributed by atoms with E-state index in [1.807, 2.05) is 6.92 Å². The lowest BCUT2D eigenvalue weighted by Crippen LogP contribution is -2.34. The van der Waals surface area contributed by atoms with Crippen molar-refractivity contribution < 1.29 is 12.8 Å². The predicted molar refractivity (Wildman–Crippen MR) is 74.2 cm³/mol. The van der Waals surface area contributed by atoms with Gasteiger partial charge < -0.3 is 5.73 Å². The summed E-state index contributed by atoms with van der Waals surface area (Å²) in [7, 11) is -3.60. The van der Waals surface area contributed by atoms with Gasteiger partial charge in [0.15, 0.2) is 0 Å². The normalized spacial score (nSPS) is 24.2. The molecule has 7 heteroatoms. The van der Waals surface area contributed by atoms with Crippen molar-refractivity contribution in [3.63, 3.8) is 0 Å². The fraction of sp³-hybridized carbons (Fsp3) is 0.500. The second-order valence-electron chi connectivity index (χ2n) is 5.06. The summed E-state index contributed by atoms with van der Waals surface area (Å²) >= 11 is 0. The first-order valence-electron chi connectivity index (χ1n) is 5.83. The minimum atomic E-state index is -3.60. The van der Waals surface area contributed by atoms with Gasteiger partial charge in [-0.15, -0.1) is 12.4 Å². The highest BCUT2D eigenvalue weighted by Gasteiger charge is 2.38. The number of nitrogens with zero attached hydrogens (tertiary/aromatic N) is 1. The number of hydrogen-bond acceptors (Lipinski definition) is 3. The lowest BCUT2D eigenvalue weighted by Gasteiger charge is -2.22. The standard InChI is InChI=1S/C12H17FN2O2S.ClH/c1-12(8-14)5-6-15(9-12)18(16,17)11-4-2-3-10(13)7-11;/h2-4,7H,5-6,8-9,14H2,1H3;1H. The summed E-state index contributed by atoms with van der Waals surface area (Å²) in [6.07, 6.45) is 0.734. The third kappa shape index (κ3) is 3.25. The van der Waals surface area contributed by atoms with Gasteiger partial charge in [0.2, 0.25) is 10.0 Å². The van der Waals surface area contributed by atoms with E-state index in [2.05, 4.69) is 0 Å². The molecule has 0 aromatic heterocycles. The first kappa shape index (κ1) is 16.4. The fourth-order valence-electron chi connectivity index (χ4n) is 2.13. The van der Waals surface area contributed by atoms with Crippen LogP contribution in [0.2, 0.25) is 0 Å². The number of nitrogens with two attached hydrogens (primary N) is 1. The molecule has 1 aliphatic heterocycles. The van der Waals surface area contributed by atoms with Gasteiger partial charge in [-0.2, -0.15) is 4.31 Å². The summed E-state index contributed by atoms with van der Waals surface area (Å²) in [6.45, 7) is 3.24. The minimum Gasteiger partial charge on any atom is -0.330 e. The van der Waals surface area contributed by atoms with Crippen molar-refractivity contribution >= 4 is 22.4 Å². The van der Waals surface area contributed by atoms with Crippen LogP contribution in [0.3, 0.4) is 0 Å². The molecule has 1 aromatic rings. The molecule has 1 atom stereocenters. The van der Waals surface area contributed by atoms with E-state index in [0.29, 0.717) is 19.6 Å². The average Bonchev–Trinajstić information content (AvgIpc) is 2.73. The Hall–Kier alpha value is -0.690. The molecule has 1 unspecified atom stereocenters. The average molecular weight is 309 g/mol. The van der Waals surface area contributed by atoms with Gasteiger partial charge in [-0.25, -0.2) is 12.8 Å². The van der Waals surface area contributed by atoms with E-state index >= 15 is 0 Å². The summed E-state index contributed by atoms with van der Waals surface area (Å²) in [5.74, 6) is -0.545. The van der Waals surface area contributed by atoms with Gasteiger partial charge in [0.05, 0.1) is 4.90 Å². The Morgan fingerprint density at radius 2 is 2.16 bits per heavy atom. The molecule has 1 saturated heterocycles. The SMILES string of the molecule is CC1(CN)CCN(S(=O)(=O)c2cccc(F)c2)C1.Cl. The van der Waals surface area contributed by atoms with Gasteiger partial charge in [-0.1, -0.05) is 13.0 Å². The predicted octanol–water partition coefficient (Wildman–Crippen LogP) is 1.61. The van der Waals surface area contributed by atoms with Crippen LogP contribution in [0.25, 0.3) is 0 Å². The maximum atomic E-state index is 13.1. The van der Waals surface area contributed by atoms with Crippen LogP contribution in [-0.4, -0.2) is 32.4 Å². The molecule has 0 saturated carbocycles. The van der Waals surface area contributed by atoms with Crippen molar-refractivity contribution in [2.75, 3.05) is 19.6 Å². The summed E-state index contributed by atoms with van der Waals surface area (Å²) in [5.41, 5.74) is 5.47. The molecule has 2 rings (SSSR count). The van der Waals surface area contributed by atoms with Crippen LogP contribution < -0.4 is 5.73 Å². The highest BCUT2D eigenvalue weighted by atomic mass is 35.5. The Kier molecular flexibility index (Phi) is 4.95. The molecule has 0 radical (unpaired) electrons. The number of benzene rings is 1. The third-order valence-corrected chi connectivity index (χ3v) is 5.29. The molecule has 1 heterocycles. The third-order valence-electron chi connectivity index (χ3n) is 3.45. The lowest BCUT2D eigenvalue weighted by atomic mass is 9.90. The van der Waals surface area contributed by atoms with Crippen LogP contribution in [0.15, 0.2) is 29.2 Å². The van der Waals surface area contributed by atoms with Crippen LogP contribution in [0.4, 0.5) is 4.39 Å². The molecule has 0 bridgehead atoms. The van der Waals surface area contributed by atoms with E-state index in [9.17, 15) is 12.8 Å². The first-order chi connectivity index (χ1) is 8.37. The number of sulfonamides is 1. The summed E-state index contributed by atoms with van der Waals surface area (Å²) in [5, 5.41) is 0. The first-order valence-corrected chi connectivity index (χ1v) is 7.27. The molecule has 0 spiro atoms. The van der Waals surface area contributed by atoms with Gasteiger partial charge in [0, 0.05) is 13.1 Å². The highest BCUT2D eigenvalue weighted by molar-refractivity contribution is 7.89. The second kappa shape index (κ2) is 5.75. The Bertz CT molecular complexity index is 552. The van der Waals surface area contributed by atoms with Crippen LogP contribution >= 0.6 is 12.4 Å². The maximum absolute atomic E-state index is 13.1. The van der Waals surface area contributed by atoms with Gasteiger partial charge in [-0.3, -0.25) is 0 Å². The smallest absolute Gasteiger partial charge is 0.243 e. The van der Waals surface area contributed by atoms with Gasteiger partial charge in [0.25, 0.3) is 0 Å².